The second kappa shape index (κ2) is 5.06. The normalized spacial score (nSPS) is 10.4. The lowest BCUT2D eigenvalue weighted by Gasteiger charge is -2.13. The second-order valence-corrected chi connectivity index (χ2v) is 3.73. The van der Waals surface area contributed by atoms with E-state index in [1.165, 1.54) is 11.8 Å². The van der Waals surface area contributed by atoms with E-state index >= 15 is 0 Å². The molecule has 0 aliphatic heterocycles. The largest absolute Gasteiger partial charge is 0.313 e. The topological polar surface area (TPSA) is 23.9 Å². The minimum Gasteiger partial charge on any atom is -0.313 e. The average molecular weight is 207 g/mol. The summed E-state index contributed by atoms with van der Waals surface area (Å²) in [6, 6.07) is 1.91. The molecule has 82 valence electrons. The molecule has 0 aliphatic rings. The van der Waals surface area contributed by atoms with Crippen molar-refractivity contribution in [3.05, 3.63) is 34.1 Å². The Bertz CT molecular complexity index is 369. The van der Waals surface area contributed by atoms with Crippen molar-refractivity contribution in [1.29, 1.82) is 5.41 Å². The van der Waals surface area contributed by atoms with Crippen LogP contribution in [0.2, 0.25) is 0 Å². The molecule has 0 fully saturated rings. The van der Waals surface area contributed by atoms with Crippen LogP contribution in [-0.4, -0.2) is 6.21 Å². The molecule has 0 saturated carbocycles. The molecule has 0 bridgehead atoms. The molecule has 0 aromatic heterocycles. The molecule has 0 atom stereocenters. The van der Waals surface area contributed by atoms with Gasteiger partial charge in [0.1, 0.15) is 5.82 Å². The lowest BCUT2D eigenvalue weighted by molar-refractivity contribution is 0.602. The van der Waals surface area contributed by atoms with Gasteiger partial charge in [0.2, 0.25) is 0 Å². The van der Waals surface area contributed by atoms with Gasteiger partial charge in [-0.15, -0.1) is 0 Å². The molecule has 1 rings (SSSR count). The summed E-state index contributed by atoms with van der Waals surface area (Å²) in [7, 11) is 0. The molecule has 1 aromatic rings. The molecule has 0 spiro atoms. The van der Waals surface area contributed by atoms with Gasteiger partial charge in [-0.1, -0.05) is 19.9 Å². The van der Waals surface area contributed by atoms with Gasteiger partial charge in [-0.2, -0.15) is 0 Å². The van der Waals surface area contributed by atoms with Crippen LogP contribution in [0.1, 0.15) is 36.1 Å². The zero-order valence-electron chi connectivity index (χ0n) is 9.65. The van der Waals surface area contributed by atoms with Crippen molar-refractivity contribution in [1.82, 2.24) is 0 Å². The summed E-state index contributed by atoms with van der Waals surface area (Å²) < 4.78 is 13.8. The van der Waals surface area contributed by atoms with E-state index in [0.717, 1.165) is 24.0 Å². The maximum atomic E-state index is 13.8. The number of hydrogen-bond donors (Lipinski definition) is 1. The SMILES string of the molecule is CCc1cc(CC=N)c(F)c(C)c1CC. The van der Waals surface area contributed by atoms with Crippen molar-refractivity contribution < 1.29 is 4.39 Å². The smallest absolute Gasteiger partial charge is 0.129 e. The maximum absolute atomic E-state index is 13.8. The molecule has 0 aliphatic carbocycles. The summed E-state index contributed by atoms with van der Waals surface area (Å²) >= 11 is 0. The Kier molecular flexibility index (Phi) is 4.01. The van der Waals surface area contributed by atoms with Gasteiger partial charge in [-0.05, 0) is 48.2 Å². The first-order valence-corrected chi connectivity index (χ1v) is 5.44. The van der Waals surface area contributed by atoms with Crippen LogP contribution in [0.3, 0.4) is 0 Å². The third-order valence-electron chi connectivity index (χ3n) is 2.86. The number of nitrogens with one attached hydrogen (secondary N) is 1. The average Bonchev–Trinajstić information content (AvgIpc) is 2.24. The standard InChI is InChI=1S/C13H18FN/c1-4-10-8-11(6-7-15)13(14)9(3)12(10)5-2/h7-8,15H,4-6H2,1-3H3. The van der Waals surface area contributed by atoms with Gasteiger partial charge in [0.15, 0.2) is 0 Å². The molecule has 2 heteroatoms. The van der Waals surface area contributed by atoms with Crippen LogP contribution in [0.25, 0.3) is 0 Å². The third kappa shape index (κ3) is 2.25. The molecule has 1 nitrogen and oxygen atoms in total. The van der Waals surface area contributed by atoms with Crippen LogP contribution in [0.5, 0.6) is 0 Å². The number of aryl methyl sites for hydroxylation is 1. The first-order chi connectivity index (χ1) is 7.15. The second-order valence-electron chi connectivity index (χ2n) is 3.73. The summed E-state index contributed by atoms with van der Waals surface area (Å²) in [5.74, 6) is -0.132. The van der Waals surface area contributed by atoms with Crippen LogP contribution >= 0.6 is 0 Å². The van der Waals surface area contributed by atoms with E-state index in [1.54, 1.807) is 0 Å². The Labute approximate surface area is 90.8 Å². The van der Waals surface area contributed by atoms with Gasteiger partial charge in [0, 0.05) is 6.42 Å². The van der Waals surface area contributed by atoms with E-state index in [-0.39, 0.29) is 5.82 Å². The van der Waals surface area contributed by atoms with Crippen LogP contribution in [0, 0.1) is 18.2 Å². The Morgan fingerprint density at radius 2 is 1.93 bits per heavy atom. The van der Waals surface area contributed by atoms with E-state index in [4.69, 9.17) is 5.41 Å². The Hall–Kier alpha value is -1.18. The highest BCUT2D eigenvalue weighted by molar-refractivity contribution is 5.59. The van der Waals surface area contributed by atoms with E-state index in [9.17, 15) is 4.39 Å². The predicted molar refractivity (Wildman–Crippen MR) is 62.4 cm³/mol. The van der Waals surface area contributed by atoms with Crippen LogP contribution in [-0.2, 0) is 19.3 Å². The Balaban J connectivity index is 3.35. The molecule has 1 N–H and O–H groups in total. The fraction of sp³-hybridized carbons (Fsp3) is 0.462. The van der Waals surface area contributed by atoms with Crippen LogP contribution in [0.15, 0.2) is 6.07 Å². The first kappa shape index (κ1) is 11.9. The van der Waals surface area contributed by atoms with Gasteiger partial charge < -0.3 is 5.41 Å². The van der Waals surface area contributed by atoms with Gasteiger partial charge in [-0.25, -0.2) is 4.39 Å². The van der Waals surface area contributed by atoms with Crippen molar-refractivity contribution >= 4 is 6.21 Å². The Morgan fingerprint density at radius 3 is 2.40 bits per heavy atom. The molecular formula is C13H18FN. The molecule has 15 heavy (non-hydrogen) atoms. The molecule has 0 radical (unpaired) electrons. The summed E-state index contributed by atoms with van der Waals surface area (Å²) in [6.45, 7) is 5.97. The highest BCUT2D eigenvalue weighted by Gasteiger charge is 2.12. The fourth-order valence-electron chi connectivity index (χ4n) is 2.04. The van der Waals surface area contributed by atoms with Gasteiger partial charge in [-0.3, -0.25) is 0 Å². The Morgan fingerprint density at radius 1 is 1.27 bits per heavy atom. The van der Waals surface area contributed by atoms with Gasteiger partial charge >= 0.3 is 0 Å². The molecule has 0 unspecified atom stereocenters. The van der Waals surface area contributed by atoms with Crippen LogP contribution < -0.4 is 0 Å². The highest BCUT2D eigenvalue weighted by Crippen LogP contribution is 2.23. The van der Waals surface area contributed by atoms with Gasteiger partial charge in [0.05, 0.1) is 0 Å². The molecule has 0 heterocycles. The van der Waals surface area contributed by atoms with E-state index in [0.29, 0.717) is 12.0 Å². The summed E-state index contributed by atoms with van der Waals surface area (Å²) in [5, 5.41) is 7.04. The molecule has 0 amide bonds. The third-order valence-corrected chi connectivity index (χ3v) is 2.86. The van der Waals surface area contributed by atoms with E-state index in [1.807, 2.05) is 13.0 Å². The number of halogens is 1. The number of benzene rings is 1. The lowest BCUT2D eigenvalue weighted by atomic mass is 9.93. The van der Waals surface area contributed by atoms with Crippen molar-refractivity contribution in [3.8, 4) is 0 Å². The molecule has 0 saturated heterocycles. The van der Waals surface area contributed by atoms with Crippen molar-refractivity contribution in [2.24, 2.45) is 0 Å². The van der Waals surface area contributed by atoms with Crippen molar-refractivity contribution in [2.45, 2.75) is 40.0 Å². The van der Waals surface area contributed by atoms with Crippen molar-refractivity contribution in [2.75, 3.05) is 0 Å². The molecular weight excluding hydrogens is 189 g/mol. The summed E-state index contributed by atoms with van der Waals surface area (Å²) in [5.41, 5.74) is 3.75. The predicted octanol–water partition coefficient (Wildman–Crippen LogP) is 3.45. The zero-order chi connectivity index (χ0) is 11.4. The monoisotopic (exact) mass is 207 g/mol. The highest BCUT2D eigenvalue weighted by atomic mass is 19.1. The van der Waals surface area contributed by atoms with Crippen LogP contribution in [0.4, 0.5) is 4.39 Å². The minimum atomic E-state index is -0.132. The fourth-order valence-corrected chi connectivity index (χ4v) is 2.04. The maximum Gasteiger partial charge on any atom is 0.129 e. The van der Waals surface area contributed by atoms with Gasteiger partial charge in [0.25, 0.3) is 0 Å². The molecule has 1 aromatic carbocycles. The first-order valence-electron chi connectivity index (χ1n) is 5.44. The van der Waals surface area contributed by atoms with Crippen molar-refractivity contribution in [3.63, 3.8) is 0 Å². The number of rotatable bonds is 4. The summed E-state index contributed by atoms with van der Waals surface area (Å²) in [6.07, 6.45) is 3.44. The quantitative estimate of drug-likeness (QED) is 0.731. The lowest BCUT2D eigenvalue weighted by Crippen LogP contribution is -2.03. The van der Waals surface area contributed by atoms with E-state index < -0.39 is 0 Å². The van der Waals surface area contributed by atoms with E-state index in [2.05, 4.69) is 13.8 Å². The zero-order valence-corrected chi connectivity index (χ0v) is 9.65. The summed E-state index contributed by atoms with van der Waals surface area (Å²) in [4.78, 5) is 0. The number of hydrogen-bond acceptors (Lipinski definition) is 1. The minimum absolute atomic E-state index is 0.132.